The highest BCUT2D eigenvalue weighted by Crippen LogP contribution is 2.25. The van der Waals surface area contributed by atoms with Gasteiger partial charge in [0.2, 0.25) is 0 Å². The van der Waals surface area contributed by atoms with Crippen LogP contribution in [-0.2, 0) is 6.54 Å². The number of rotatable bonds is 7. The fraction of sp³-hybridized carbons (Fsp3) is 0.200. The van der Waals surface area contributed by atoms with Gasteiger partial charge >= 0.3 is 0 Å². The monoisotopic (exact) mass is 415 g/mol. The van der Waals surface area contributed by atoms with Crippen LogP contribution in [0, 0.1) is 13.8 Å². The zero-order valence-electron chi connectivity index (χ0n) is 17.8. The molecular weight excluding hydrogens is 390 g/mol. The summed E-state index contributed by atoms with van der Waals surface area (Å²) < 4.78 is 12.9. The number of carbonyl (C=O) groups is 1. The maximum atomic E-state index is 13.0. The molecule has 0 saturated heterocycles. The van der Waals surface area contributed by atoms with Gasteiger partial charge in [0, 0.05) is 5.69 Å². The number of nitrogens with zero attached hydrogens (tertiary/aromatic N) is 2. The first kappa shape index (κ1) is 20.5. The molecule has 6 nitrogen and oxygen atoms in total. The first-order valence-electron chi connectivity index (χ1n) is 10.1. The van der Waals surface area contributed by atoms with Crippen LogP contribution in [0.2, 0.25) is 0 Å². The number of hydrogen-bond donors (Lipinski definition) is 1. The van der Waals surface area contributed by atoms with Crippen LogP contribution in [-0.4, -0.2) is 22.8 Å². The van der Waals surface area contributed by atoms with Gasteiger partial charge in [-0.25, -0.2) is 0 Å². The molecule has 31 heavy (non-hydrogen) atoms. The lowest BCUT2D eigenvalue weighted by molar-refractivity contribution is 0.0913. The third-order valence-corrected chi connectivity index (χ3v) is 5.15. The van der Waals surface area contributed by atoms with Gasteiger partial charge in [-0.05, 0) is 55.3 Å². The second-order valence-electron chi connectivity index (χ2n) is 7.44. The molecule has 4 aromatic rings. The fourth-order valence-electron chi connectivity index (χ4n) is 3.57. The van der Waals surface area contributed by atoms with Gasteiger partial charge in [0.25, 0.3) is 5.91 Å². The van der Waals surface area contributed by atoms with Crippen molar-refractivity contribution in [1.29, 1.82) is 0 Å². The van der Waals surface area contributed by atoms with E-state index >= 15 is 0 Å². The predicted octanol–water partition coefficient (Wildman–Crippen LogP) is 4.67. The van der Waals surface area contributed by atoms with Gasteiger partial charge in [-0.15, -0.1) is 0 Å². The van der Waals surface area contributed by atoms with Gasteiger partial charge in [0.15, 0.2) is 5.76 Å². The number of benzene rings is 2. The molecule has 0 aliphatic carbocycles. The maximum Gasteiger partial charge on any atom is 0.287 e. The second-order valence-corrected chi connectivity index (χ2v) is 7.44. The smallest absolute Gasteiger partial charge is 0.287 e. The van der Waals surface area contributed by atoms with E-state index in [-0.39, 0.29) is 17.7 Å². The van der Waals surface area contributed by atoms with Crippen LogP contribution in [0.5, 0.6) is 5.75 Å². The van der Waals surface area contributed by atoms with Crippen LogP contribution in [0.1, 0.15) is 44.9 Å². The van der Waals surface area contributed by atoms with E-state index in [0.29, 0.717) is 12.3 Å². The Labute approximate surface area is 181 Å². The number of carbonyl (C=O) groups excluding carboxylic acids is 1. The average Bonchev–Trinajstić information content (AvgIpc) is 3.38. The SMILES string of the molecule is COc1ccc(C(NC(=O)c2ccc(Cn3nc(C)cc3C)o2)c2ccccc2)cc1. The van der Waals surface area contributed by atoms with Crippen molar-refractivity contribution in [1.82, 2.24) is 15.1 Å². The van der Waals surface area contributed by atoms with Gasteiger partial charge in [-0.2, -0.15) is 5.10 Å². The largest absolute Gasteiger partial charge is 0.497 e. The van der Waals surface area contributed by atoms with E-state index in [1.807, 2.05) is 85.3 Å². The highest BCUT2D eigenvalue weighted by atomic mass is 16.5. The highest BCUT2D eigenvalue weighted by molar-refractivity contribution is 5.92. The summed E-state index contributed by atoms with van der Waals surface area (Å²) in [4.78, 5) is 13.0. The summed E-state index contributed by atoms with van der Waals surface area (Å²) in [5, 5.41) is 7.55. The van der Waals surface area contributed by atoms with Gasteiger partial charge in [0.1, 0.15) is 11.5 Å². The lowest BCUT2D eigenvalue weighted by atomic mass is 9.98. The zero-order valence-corrected chi connectivity index (χ0v) is 17.8. The number of amides is 1. The third kappa shape index (κ3) is 4.69. The molecular formula is C25H25N3O3. The Balaban J connectivity index is 1.55. The minimum absolute atomic E-state index is 0.269. The zero-order chi connectivity index (χ0) is 21.8. The van der Waals surface area contributed by atoms with E-state index in [0.717, 1.165) is 28.3 Å². The average molecular weight is 415 g/mol. The summed E-state index contributed by atoms with van der Waals surface area (Å²) in [7, 11) is 1.63. The molecule has 2 aromatic heterocycles. The Hall–Kier alpha value is -3.80. The molecule has 6 heteroatoms. The van der Waals surface area contributed by atoms with Crippen LogP contribution < -0.4 is 10.1 Å². The molecule has 0 fully saturated rings. The van der Waals surface area contributed by atoms with Crippen molar-refractivity contribution < 1.29 is 13.9 Å². The lowest BCUT2D eigenvalue weighted by Gasteiger charge is -2.19. The molecule has 0 bridgehead atoms. The van der Waals surface area contributed by atoms with Crippen molar-refractivity contribution in [3.05, 3.63) is 107 Å². The van der Waals surface area contributed by atoms with Crippen molar-refractivity contribution >= 4 is 5.91 Å². The molecule has 0 aliphatic rings. The van der Waals surface area contributed by atoms with Crippen LogP contribution in [0.25, 0.3) is 0 Å². The number of hydrogen-bond acceptors (Lipinski definition) is 4. The maximum absolute atomic E-state index is 13.0. The standard InChI is InChI=1S/C25H25N3O3/c1-17-15-18(2)28(27-17)16-22-13-14-23(31-22)25(29)26-24(19-7-5-4-6-8-19)20-9-11-21(30-3)12-10-20/h4-15,24H,16H2,1-3H3,(H,26,29). The predicted molar refractivity (Wildman–Crippen MR) is 118 cm³/mol. The van der Waals surface area contributed by atoms with Gasteiger partial charge in [-0.3, -0.25) is 9.48 Å². The molecule has 4 rings (SSSR count). The van der Waals surface area contributed by atoms with E-state index in [1.54, 1.807) is 13.2 Å². The quantitative estimate of drug-likeness (QED) is 0.476. The van der Waals surface area contributed by atoms with Crippen molar-refractivity contribution in [2.45, 2.75) is 26.4 Å². The van der Waals surface area contributed by atoms with Crippen LogP contribution in [0.4, 0.5) is 0 Å². The van der Waals surface area contributed by atoms with E-state index < -0.39 is 0 Å². The minimum atomic E-state index is -0.316. The topological polar surface area (TPSA) is 69.3 Å². The van der Waals surface area contributed by atoms with Crippen molar-refractivity contribution in [3.63, 3.8) is 0 Å². The summed E-state index contributed by atoms with van der Waals surface area (Å²) >= 11 is 0. The molecule has 158 valence electrons. The summed E-state index contributed by atoms with van der Waals surface area (Å²) in [6.07, 6.45) is 0. The Bertz CT molecular complexity index is 1160. The molecule has 1 N–H and O–H groups in total. The molecule has 0 spiro atoms. The first-order chi connectivity index (χ1) is 15.0. The molecule has 2 heterocycles. The number of aromatic nitrogens is 2. The minimum Gasteiger partial charge on any atom is -0.497 e. The summed E-state index contributed by atoms with van der Waals surface area (Å²) in [5.74, 6) is 1.44. The molecule has 0 saturated carbocycles. The normalized spacial score (nSPS) is 11.8. The van der Waals surface area contributed by atoms with E-state index in [1.165, 1.54) is 0 Å². The molecule has 2 aromatic carbocycles. The number of furan rings is 1. The lowest BCUT2D eigenvalue weighted by Crippen LogP contribution is -2.29. The number of aryl methyl sites for hydroxylation is 2. The Morgan fingerprint density at radius 3 is 2.39 bits per heavy atom. The molecule has 1 amide bonds. The third-order valence-electron chi connectivity index (χ3n) is 5.15. The molecule has 0 aliphatic heterocycles. The fourth-order valence-corrected chi connectivity index (χ4v) is 3.57. The van der Waals surface area contributed by atoms with Gasteiger partial charge < -0.3 is 14.5 Å². The van der Waals surface area contributed by atoms with Crippen molar-refractivity contribution in [3.8, 4) is 5.75 Å². The van der Waals surface area contributed by atoms with E-state index in [2.05, 4.69) is 10.4 Å². The van der Waals surface area contributed by atoms with E-state index in [4.69, 9.17) is 9.15 Å². The summed E-state index contributed by atoms with van der Waals surface area (Å²) in [5.41, 5.74) is 3.93. The number of ether oxygens (including phenoxy) is 1. The molecule has 0 radical (unpaired) electrons. The van der Waals surface area contributed by atoms with Gasteiger partial charge in [-0.1, -0.05) is 42.5 Å². The second kappa shape index (κ2) is 8.92. The highest BCUT2D eigenvalue weighted by Gasteiger charge is 2.20. The summed E-state index contributed by atoms with van der Waals surface area (Å²) in [6, 6.07) is 22.7. The number of nitrogens with one attached hydrogen (secondary N) is 1. The van der Waals surface area contributed by atoms with Crippen molar-refractivity contribution in [2.24, 2.45) is 0 Å². The Kier molecular flexibility index (Phi) is 5.89. The van der Waals surface area contributed by atoms with Gasteiger partial charge in [0.05, 0.1) is 25.4 Å². The van der Waals surface area contributed by atoms with Crippen LogP contribution in [0.15, 0.2) is 77.2 Å². The number of methoxy groups -OCH3 is 1. The molecule has 1 unspecified atom stereocenters. The first-order valence-corrected chi connectivity index (χ1v) is 10.1. The van der Waals surface area contributed by atoms with Crippen LogP contribution in [0.3, 0.4) is 0 Å². The Morgan fingerprint density at radius 2 is 1.74 bits per heavy atom. The van der Waals surface area contributed by atoms with E-state index in [9.17, 15) is 4.79 Å². The van der Waals surface area contributed by atoms with Crippen molar-refractivity contribution in [2.75, 3.05) is 7.11 Å². The summed E-state index contributed by atoms with van der Waals surface area (Å²) in [6.45, 7) is 4.43. The van der Waals surface area contributed by atoms with Crippen LogP contribution >= 0.6 is 0 Å². The molecule has 1 atom stereocenters. The Morgan fingerprint density at radius 1 is 1.03 bits per heavy atom.